The third kappa shape index (κ3) is 3.52. The van der Waals surface area contributed by atoms with E-state index in [1.165, 1.54) is 12.3 Å². The number of fused-ring (bicyclic) bond motifs is 1. The number of pyridine rings is 1. The van der Waals surface area contributed by atoms with Crippen molar-refractivity contribution in [3.8, 4) is 0 Å². The van der Waals surface area contributed by atoms with Crippen LogP contribution in [0.2, 0.25) is 0 Å². The Kier molecular flexibility index (Phi) is 5.20. The summed E-state index contributed by atoms with van der Waals surface area (Å²) in [6.45, 7) is 4.13. The lowest BCUT2D eigenvalue weighted by atomic mass is 9.98. The van der Waals surface area contributed by atoms with Crippen LogP contribution in [0.5, 0.6) is 0 Å². The number of methoxy groups -OCH3 is 1. The molecule has 0 aliphatic carbocycles. The second-order valence-electron chi connectivity index (χ2n) is 5.90. The summed E-state index contributed by atoms with van der Waals surface area (Å²) in [4.78, 5) is 20.3. The van der Waals surface area contributed by atoms with Gasteiger partial charge in [-0.15, -0.1) is 0 Å². The summed E-state index contributed by atoms with van der Waals surface area (Å²) >= 11 is 0. The van der Waals surface area contributed by atoms with Gasteiger partial charge in [0.25, 0.3) is 5.91 Å². The third-order valence-corrected chi connectivity index (χ3v) is 4.57. The molecule has 126 valence electrons. The number of morpholine rings is 1. The normalized spacial score (nSPS) is 25.2. The maximum Gasteiger partial charge on any atom is 0.257 e. The fraction of sp³-hybridized carbons (Fsp3) is 0.625. The molecule has 0 radical (unpaired) electrons. The number of carbonyl (C=O) groups is 1. The molecule has 7 heteroatoms. The van der Waals surface area contributed by atoms with Crippen LogP contribution in [0.3, 0.4) is 0 Å². The van der Waals surface area contributed by atoms with Crippen LogP contribution in [-0.4, -0.2) is 79.3 Å². The van der Waals surface area contributed by atoms with Crippen molar-refractivity contribution in [3.63, 3.8) is 0 Å². The molecule has 2 saturated heterocycles. The predicted molar refractivity (Wildman–Crippen MR) is 81.7 cm³/mol. The monoisotopic (exact) mass is 323 g/mol. The minimum Gasteiger partial charge on any atom is -0.383 e. The van der Waals surface area contributed by atoms with Crippen molar-refractivity contribution in [2.45, 2.75) is 18.6 Å². The molecular weight excluding hydrogens is 301 g/mol. The topological polar surface area (TPSA) is 54.9 Å². The van der Waals surface area contributed by atoms with Gasteiger partial charge in [-0.3, -0.25) is 14.7 Å². The first-order valence-electron chi connectivity index (χ1n) is 7.94. The lowest BCUT2D eigenvalue weighted by Crippen LogP contribution is -2.61. The summed E-state index contributed by atoms with van der Waals surface area (Å²) < 4.78 is 24.8. The van der Waals surface area contributed by atoms with Crippen LogP contribution in [0, 0.1) is 5.82 Å². The Hall–Kier alpha value is -1.57. The van der Waals surface area contributed by atoms with Crippen LogP contribution >= 0.6 is 0 Å². The number of hydrogen-bond acceptors (Lipinski definition) is 5. The van der Waals surface area contributed by atoms with E-state index in [1.54, 1.807) is 12.0 Å². The van der Waals surface area contributed by atoms with Gasteiger partial charge in [0.2, 0.25) is 0 Å². The Morgan fingerprint density at radius 2 is 2.39 bits per heavy atom. The van der Waals surface area contributed by atoms with Crippen LogP contribution in [0.1, 0.15) is 16.8 Å². The number of halogens is 1. The van der Waals surface area contributed by atoms with E-state index < -0.39 is 5.82 Å². The molecule has 3 heterocycles. The summed E-state index contributed by atoms with van der Waals surface area (Å²) in [7, 11) is 1.68. The maximum absolute atomic E-state index is 13.8. The lowest BCUT2D eigenvalue weighted by Gasteiger charge is -2.47. The number of aromatic nitrogens is 1. The molecule has 1 aromatic heterocycles. The first-order valence-corrected chi connectivity index (χ1v) is 7.94. The van der Waals surface area contributed by atoms with E-state index in [0.29, 0.717) is 26.3 Å². The highest BCUT2D eigenvalue weighted by molar-refractivity contribution is 5.94. The predicted octanol–water partition coefficient (Wildman–Crippen LogP) is 0.782. The summed E-state index contributed by atoms with van der Waals surface area (Å²) in [5.74, 6) is -0.851. The molecule has 0 unspecified atom stereocenters. The van der Waals surface area contributed by atoms with E-state index in [1.807, 2.05) is 0 Å². The van der Waals surface area contributed by atoms with E-state index >= 15 is 0 Å². The second-order valence-corrected chi connectivity index (χ2v) is 5.90. The molecule has 0 aromatic carbocycles. The highest BCUT2D eigenvalue weighted by atomic mass is 19.1. The summed E-state index contributed by atoms with van der Waals surface area (Å²) in [5.41, 5.74) is 0.0821. The van der Waals surface area contributed by atoms with Crippen LogP contribution in [0.4, 0.5) is 4.39 Å². The van der Waals surface area contributed by atoms with Crippen LogP contribution < -0.4 is 0 Å². The van der Waals surface area contributed by atoms with E-state index in [4.69, 9.17) is 9.47 Å². The van der Waals surface area contributed by atoms with Gasteiger partial charge >= 0.3 is 0 Å². The van der Waals surface area contributed by atoms with Crippen molar-refractivity contribution in [1.82, 2.24) is 14.8 Å². The standard InChI is InChI=1S/C16H22FN3O3/c1-22-8-6-19-7-9-23-15-3-5-20(11-14(15)19)16(21)12-2-4-18-10-13(12)17/h2,4,10,14-15H,3,5-9,11H2,1H3/t14-,15-/m1/s1. The zero-order chi connectivity index (χ0) is 16.2. The molecule has 23 heavy (non-hydrogen) atoms. The van der Waals surface area contributed by atoms with E-state index in [9.17, 15) is 9.18 Å². The highest BCUT2D eigenvalue weighted by Crippen LogP contribution is 2.24. The Labute approximate surface area is 135 Å². The average Bonchev–Trinajstić information content (AvgIpc) is 2.59. The molecular formula is C16H22FN3O3. The Balaban J connectivity index is 1.71. The van der Waals surface area contributed by atoms with Gasteiger partial charge in [0, 0.05) is 39.5 Å². The third-order valence-electron chi connectivity index (χ3n) is 4.57. The van der Waals surface area contributed by atoms with Crippen LogP contribution in [0.15, 0.2) is 18.5 Å². The van der Waals surface area contributed by atoms with Gasteiger partial charge in [0.1, 0.15) is 0 Å². The number of nitrogens with zero attached hydrogens (tertiary/aromatic N) is 3. The Morgan fingerprint density at radius 1 is 1.52 bits per heavy atom. The lowest BCUT2D eigenvalue weighted by molar-refractivity contribution is -0.101. The van der Waals surface area contributed by atoms with Crippen LogP contribution in [0.25, 0.3) is 0 Å². The van der Waals surface area contributed by atoms with Crippen molar-refractivity contribution in [2.75, 3.05) is 46.5 Å². The summed E-state index contributed by atoms with van der Waals surface area (Å²) in [6.07, 6.45) is 3.42. The Morgan fingerprint density at radius 3 is 3.17 bits per heavy atom. The van der Waals surface area contributed by atoms with Gasteiger partial charge in [-0.2, -0.15) is 0 Å². The van der Waals surface area contributed by atoms with Gasteiger partial charge < -0.3 is 14.4 Å². The summed E-state index contributed by atoms with van der Waals surface area (Å²) in [6, 6.07) is 1.57. The number of likely N-dealkylation sites (tertiary alicyclic amines) is 1. The van der Waals surface area contributed by atoms with E-state index in [-0.39, 0.29) is 23.6 Å². The fourth-order valence-electron chi connectivity index (χ4n) is 3.33. The van der Waals surface area contributed by atoms with Crippen molar-refractivity contribution < 1.29 is 18.7 Å². The molecule has 0 N–H and O–H groups in total. The number of ether oxygens (including phenoxy) is 2. The van der Waals surface area contributed by atoms with Crippen molar-refractivity contribution in [2.24, 2.45) is 0 Å². The van der Waals surface area contributed by atoms with Gasteiger partial charge in [0.05, 0.1) is 37.1 Å². The second kappa shape index (κ2) is 7.33. The number of rotatable bonds is 4. The van der Waals surface area contributed by atoms with E-state index in [2.05, 4.69) is 9.88 Å². The van der Waals surface area contributed by atoms with Crippen molar-refractivity contribution >= 4 is 5.91 Å². The van der Waals surface area contributed by atoms with E-state index in [0.717, 1.165) is 25.7 Å². The number of hydrogen-bond donors (Lipinski definition) is 0. The largest absolute Gasteiger partial charge is 0.383 e. The van der Waals surface area contributed by atoms with Crippen molar-refractivity contribution in [1.29, 1.82) is 0 Å². The number of amides is 1. The zero-order valence-corrected chi connectivity index (χ0v) is 13.3. The van der Waals surface area contributed by atoms with Gasteiger partial charge in [-0.05, 0) is 12.5 Å². The molecule has 2 aliphatic rings. The molecule has 2 aliphatic heterocycles. The smallest absolute Gasteiger partial charge is 0.257 e. The first kappa shape index (κ1) is 16.3. The van der Waals surface area contributed by atoms with Gasteiger partial charge in [-0.1, -0.05) is 0 Å². The molecule has 3 rings (SSSR count). The maximum atomic E-state index is 13.8. The van der Waals surface area contributed by atoms with Crippen LogP contribution in [-0.2, 0) is 9.47 Å². The van der Waals surface area contributed by atoms with Gasteiger partial charge in [0.15, 0.2) is 5.82 Å². The molecule has 1 aromatic rings. The Bertz CT molecular complexity index is 557. The highest BCUT2D eigenvalue weighted by Gasteiger charge is 2.38. The zero-order valence-electron chi connectivity index (χ0n) is 13.3. The number of piperidine rings is 1. The molecule has 0 spiro atoms. The first-order chi connectivity index (χ1) is 11.2. The molecule has 2 atom stereocenters. The minimum atomic E-state index is -0.573. The average molecular weight is 323 g/mol. The quantitative estimate of drug-likeness (QED) is 0.820. The van der Waals surface area contributed by atoms with Gasteiger partial charge in [-0.25, -0.2) is 4.39 Å². The number of carbonyl (C=O) groups excluding carboxylic acids is 1. The summed E-state index contributed by atoms with van der Waals surface area (Å²) in [5, 5.41) is 0. The molecule has 1 amide bonds. The van der Waals surface area contributed by atoms with Crippen molar-refractivity contribution in [3.05, 3.63) is 29.8 Å². The molecule has 2 fully saturated rings. The molecule has 0 bridgehead atoms. The fourth-order valence-corrected chi connectivity index (χ4v) is 3.33. The molecule has 0 saturated carbocycles. The SMILES string of the molecule is COCCN1CCO[C@@H]2CCN(C(=O)c3ccncc3F)C[C@H]21. The minimum absolute atomic E-state index is 0.0821. The molecule has 6 nitrogen and oxygen atoms in total.